The second-order valence-corrected chi connectivity index (χ2v) is 3.97. The Labute approximate surface area is 88.0 Å². The van der Waals surface area contributed by atoms with Gasteiger partial charge in [-0.1, -0.05) is 30.3 Å². The van der Waals surface area contributed by atoms with Gasteiger partial charge in [0.15, 0.2) is 11.3 Å². The second-order valence-electron chi connectivity index (χ2n) is 3.97. The maximum Gasteiger partial charge on any atom is 0.177 e. The fraction of sp³-hybridized carbons (Fsp3) is 0.167. The SMILES string of the molecule is NC1=CC2(N)OC2(c2ccccc2)C=C1. The van der Waals surface area contributed by atoms with E-state index in [1.54, 1.807) is 6.08 Å². The van der Waals surface area contributed by atoms with Gasteiger partial charge in [-0.05, 0) is 23.8 Å². The minimum atomic E-state index is -0.757. The molecule has 0 spiro atoms. The van der Waals surface area contributed by atoms with Crippen LogP contribution in [0.2, 0.25) is 0 Å². The van der Waals surface area contributed by atoms with Gasteiger partial charge in [-0.15, -0.1) is 0 Å². The van der Waals surface area contributed by atoms with Crippen molar-refractivity contribution in [3.63, 3.8) is 0 Å². The molecule has 0 bridgehead atoms. The van der Waals surface area contributed by atoms with Crippen LogP contribution in [0.15, 0.2) is 54.3 Å². The molecule has 1 heterocycles. The molecule has 0 radical (unpaired) electrons. The zero-order chi connectivity index (χ0) is 10.5. The van der Waals surface area contributed by atoms with Gasteiger partial charge >= 0.3 is 0 Å². The molecule has 0 aromatic heterocycles. The third kappa shape index (κ3) is 1.02. The summed E-state index contributed by atoms with van der Waals surface area (Å²) >= 11 is 0. The summed E-state index contributed by atoms with van der Waals surface area (Å²) in [5, 5.41) is 0. The zero-order valence-electron chi connectivity index (χ0n) is 8.18. The van der Waals surface area contributed by atoms with Crippen molar-refractivity contribution < 1.29 is 4.74 Å². The fourth-order valence-electron chi connectivity index (χ4n) is 2.12. The van der Waals surface area contributed by atoms with E-state index >= 15 is 0 Å². The number of fused-ring (bicyclic) bond motifs is 1. The van der Waals surface area contributed by atoms with Crippen molar-refractivity contribution in [1.82, 2.24) is 0 Å². The van der Waals surface area contributed by atoms with Crippen molar-refractivity contribution >= 4 is 0 Å². The van der Waals surface area contributed by atoms with Crippen LogP contribution >= 0.6 is 0 Å². The second kappa shape index (κ2) is 2.51. The standard InChI is InChI=1S/C12H12N2O/c13-10-6-7-11(12(14,8-10)15-11)9-4-2-1-3-5-9/h1-8H,13-14H2. The molecule has 2 aliphatic rings. The van der Waals surface area contributed by atoms with Gasteiger partial charge in [0.1, 0.15) is 0 Å². The molecule has 2 atom stereocenters. The molecule has 1 aliphatic heterocycles. The highest BCUT2D eigenvalue weighted by molar-refractivity contribution is 5.48. The Kier molecular flexibility index (Phi) is 1.45. The molecule has 76 valence electrons. The van der Waals surface area contributed by atoms with Gasteiger partial charge in [0.05, 0.1) is 0 Å². The van der Waals surface area contributed by atoms with Gasteiger partial charge in [-0.2, -0.15) is 0 Å². The average molecular weight is 200 g/mol. The number of hydrogen-bond donors (Lipinski definition) is 2. The van der Waals surface area contributed by atoms with Gasteiger partial charge in [0.25, 0.3) is 0 Å². The summed E-state index contributed by atoms with van der Waals surface area (Å²) in [5.74, 6) is 0. The predicted octanol–water partition coefficient (Wildman–Crippen LogP) is 0.980. The molecule has 1 aromatic carbocycles. The quantitative estimate of drug-likeness (QED) is 0.664. The maximum atomic E-state index is 6.08. The predicted molar refractivity (Wildman–Crippen MR) is 57.5 cm³/mol. The number of nitrogens with two attached hydrogens (primary N) is 2. The van der Waals surface area contributed by atoms with Gasteiger partial charge in [-0.3, -0.25) is 5.73 Å². The number of hydrogen-bond acceptors (Lipinski definition) is 3. The Morgan fingerprint density at radius 1 is 1.13 bits per heavy atom. The van der Waals surface area contributed by atoms with Crippen LogP contribution in [-0.2, 0) is 10.3 Å². The molecule has 1 fully saturated rings. The minimum absolute atomic E-state index is 0.503. The third-order valence-electron chi connectivity index (χ3n) is 2.96. The molecule has 4 N–H and O–H groups in total. The van der Waals surface area contributed by atoms with E-state index in [4.69, 9.17) is 16.2 Å². The van der Waals surface area contributed by atoms with E-state index in [0.717, 1.165) is 5.56 Å². The van der Waals surface area contributed by atoms with E-state index in [-0.39, 0.29) is 0 Å². The molecule has 0 saturated carbocycles. The number of allylic oxidation sites excluding steroid dienone is 1. The normalized spacial score (nSPS) is 37.0. The lowest BCUT2D eigenvalue weighted by Crippen LogP contribution is -2.33. The van der Waals surface area contributed by atoms with Gasteiger partial charge in [0, 0.05) is 5.70 Å². The molecule has 1 aliphatic carbocycles. The van der Waals surface area contributed by atoms with Crippen LogP contribution in [-0.4, -0.2) is 5.72 Å². The molecule has 3 nitrogen and oxygen atoms in total. The van der Waals surface area contributed by atoms with Crippen LogP contribution in [0.5, 0.6) is 0 Å². The molecule has 1 saturated heterocycles. The van der Waals surface area contributed by atoms with E-state index in [9.17, 15) is 0 Å². The fourth-order valence-corrected chi connectivity index (χ4v) is 2.12. The largest absolute Gasteiger partial charge is 0.399 e. The Balaban J connectivity index is 2.08. The molecular formula is C12H12N2O. The summed E-state index contributed by atoms with van der Waals surface area (Å²) in [6, 6.07) is 9.93. The highest BCUT2D eigenvalue weighted by atomic mass is 16.6. The van der Waals surface area contributed by atoms with Gasteiger partial charge < -0.3 is 10.5 Å². The van der Waals surface area contributed by atoms with Crippen molar-refractivity contribution in [2.24, 2.45) is 11.5 Å². The van der Waals surface area contributed by atoms with Crippen LogP contribution in [0.3, 0.4) is 0 Å². The summed E-state index contributed by atoms with van der Waals surface area (Å²) in [4.78, 5) is 0. The van der Waals surface area contributed by atoms with E-state index < -0.39 is 11.3 Å². The van der Waals surface area contributed by atoms with Crippen LogP contribution in [0, 0.1) is 0 Å². The molecule has 3 heteroatoms. The Morgan fingerprint density at radius 2 is 1.87 bits per heavy atom. The zero-order valence-corrected chi connectivity index (χ0v) is 8.18. The molecule has 15 heavy (non-hydrogen) atoms. The minimum Gasteiger partial charge on any atom is -0.399 e. The van der Waals surface area contributed by atoms with Crippen molar-refractivity contribution in [3.8, 4) is 0 Å². The molecule has 1 aromatic rings. The van der Waals surface area contributed by atoms with E-state index in [0.29, 0.717) is 5.70 Å². The van der Waals surface area contributed by atoms with E-state index in [1.807, 2.05) is 42.5 Å². The van der Waals surface area contributed by atoms with Gasteiger partial charge in [0.2, 0.25) is 0 Å². The average Bonchev–Trinajstić information content (AvgIpc) is 2.86. The maximum absolute atomic E-state index is 6.08. The van der Waals surface area contributed by atoms with Crippen LogP contribution in [0.1, 0.15) is 5.56 Å². The first kappa shape index (κ1) is 8.71. The summed E-state index contributed by atoms with van der Waals surface area (Å²) in [6.07, 6.45) is 5.53. The Hall–Kier alpha value is -1.58. The topological polar surface area (TPSA) is 64.6 Å². The van der Waals surface area contributed by atoms with Crippen molar-refractivity contribution in [3.05, 3.63) is 59.8 Å². The van der Waals surface area contributed by atoms with Crippen LogP contribution in [0.4, 0.5) is 0 Å². The number of rotatable bonds is 1. The first-order valence-electron chi connectivity index (χ1n) is 4.88. The first-order chi connectivity index (χ1) is 7.16. The smallest absolute Gasteiger partial charge is 0.177 e. The third-order valence-corrected chi connectivity index (χ3v) is 2.96. The summed E-state index contributed by atoms with van der Waals surface area (Å²) in [5.41, 5.74) is 12.2. The Morgan fingerprint density at radius 3 is 2.53 bits per heavy atom. The lowest BCUT2D eigenvalue weighted by Gasteiger charge is -2.15. The molecule has 2 unspecified atom stereocenters. The number of epoxide rings is 1. The molecular weight excluding hydrogens is 188 g/mol. The monoisotopic (exact) mass is 200 g/mol. The number of ether oxygens (including phenoxy) is 1. The van der Waals surface area contributed by atoms with E-state index in [2.05, 4.69) is 0 Å². The molecule has 3 rings (SSSR count). The lowest BCUT2D eigenvalue weighted by molar-refractivity contribution is 0.310. The lowest BCUT2D eigenvalue weighted by atomic mass is 9.88. The highest BCUT2D eigenvalue weighted by Gasteiger charge is 2.67. The van der Waals surface area contributed by atoms with Crippen LogP contribution in [0.25, 0.3) is 0 Å². The van der Waals surface area contributed by atoms with Gasteiger partial charge in [-0.25, -0.2) is 0 Å². The highest BCUT2D eigenvalue weighted by Crippen LogP contribution is 2.56. The van der Waals surface area contributed by atoms with Crippen molar-refractivity contribution in [2.45, 2.75) is 11.3 Å². The summed E-state index contributed by atoms with van der Waals surface area (Å²) < 4.78 is 5.64. The van der Waals surface area contributed by atoms with E-state index in [1.165, 1.54) is 0 Å². The van der Waals surface area contributed by atoms with Crippen LogP contribution < -0.4 is 11.5 Å². The van der Waals surface area contributed by atoms with Crippen molar-refractivity contribution in [2.75, 3.05) is 0 Å². The number of benzene rings is 1. The Bertz CT molecular complexity index is 466. The van der Waals surface area contributed by atoms with Crippen molar-refractivity contribution in [1.29, 1.82) is 0 Å². The summed E-state index contributed by atoms with van der Waals surface area (Å²) in [6.45, 7) is 0. The summed E-state index contributed by atoms with van der Waals surface area (Å²) in [7, 11) is 0. The first-order valence-corrected chi connectivity index (χ1v) is 4.88. The molecule has 0 amide bonds.